The number of nitrogens with one attached hydrogen (secondary N) is 1. The molecule has 1 atom stereocenters. The topological polar surface area (TPSA) is 15.3 Å². The molecule has 0 amide bonds. The van der Waals surface area contributed by atoms with E-state index in [0.29, 0.717) is 12.5 Å². The van der Waals surface area contributed by atoms with Gasteiger partial charge >= 0.3 is 6.18 Å². The zero-order valence-electron chi connectivity index (χ0n) is 9.27. The van der Waals surface area contributed by atoms with Crippen molar-refractivity contribution in [3.8, 4) is 0 Å². The standard InChI is InChI=1S/C10H19F3N2/c1-8(2)15(7-10(11,12)13)6-9-3-4-14-5-9/h8-9,14H,3-7H2,1-2H3. The van der Waals surface area contributed by atoms with E-state index in [1.165, 1.54) is 4.90 Å². The molecule has 1 rings (SSSR count). The Balaban J connectivity index is 2.42. The lowest BCUT2D eigenvalue weighted by molar-refractivity contribution is -0.150. The van der Waals surface area contributed by atoms with Gasteiger partial charge in [-0.1, -0.05) is 0 Å². The second-order valence-electron chi connectivity index (χ2n) is 4.50. The second-order valence-corrected chi connectivity index (χ2v) is 4.50. The van der Waals surface area contributed by atoms with E-state index >= 15 is 0 Å². The summed E-state index contributed by atoms with van der Waals surface area (Å²) in [6.07, 6.45) is -3.10. The maximum atomic E-state index is 12.3. The highest BCUT2D eigenvalue weighted by molar-refractivity contribution is 4.77. The van der Waals surface area contributed by atoms with Crippen LogP contribution in [-0.4, -0.2) is 43.3 Å². The lowest BCUT2D eigenvalue weighted by Crippen LogP contribution is -2.42. The van der Waals surface area contributed by atoms with E-state index in [4.69, 9.17) is 0 Å². The molecule has 0 aromatic rings. The fourth-order valence-corrected chi connectivity index (χ4v) is 1.89. The molecule has 5 heteroatoms. The van der Waals surface area contributed by atoms with Gasteiger partial charge in [0.1, 0.15) is 0 Å². The molecular weight excluding hydrogens is 205 g/mol. The Morgan fingerprint density at radius 3 is 2.47 bits per heavy atom. The van der Waals surface area contributed by atoms with Crippen LogP contribution in [0.25, 0.3) is 0 Å². The van der Waals surface area contributed by atoms with E-state index in [1.54, 1.807) is 0 Å². The predicted molar refractivity (Wildman–Crippen MR) is 53.7 cm³/mol. The van der Waals surface area contributed by atoms with Crippen LogP contribution < -0.4 is 5.32 Å². The number of alkyl halides is 3. The third-order valence-electron chi connectivity index (χ3n) is 2.77. The lowest BCUT2D eigenvalue weighted by atomic mass is 10.1. The van der Waals surface area contributed by atoms with Gasteiger partial charge in [0.15, 0.2) is 0 Å². The van der Waals surface area contributed by atoms with Crippen molar-refractivity contribution in [2.45, 2.75) is 32.5 Å². The van der Waals surface area contributed by atoms with Crippen LogP contribution in [0.1, 0.15) is 20.3 Å². The van der Waals surface area contributed by atoms with Gasteiger partial charge in [-0.15, -0.1) is 0 Å². The molecule has 0 radical (unpaired) electrons. The number of rotatable bonds is 4. The van der Waals surface area contributed by atoms with E-state index in [1.807, 2.05) is 13.8 Å². The smallest absolute Gasteiger partial charge is 0.316 e. The van der Waals surface area contributed by atoms with Gasteiger partial charge in [0.25, 0.3) is 0 Å². The second kappa shape index (κ2) is 5.16. The molecule has 0 bridgehead atoms. The minimum absolute atomic E-state index is 0.0489. The SMILES string of the molecule is CC(C)N(CC1CCNC1)CC(F)(F)F. The van der Waals surface area contributed by atoms with E-state index < -0.39 is 12.7 Å². The zero-order chi connectivity index (χ0) is 11.5. The van der Waals surface area contributed by atoms with Crippen LogP contribution in [0.5, 0.6) is 0 Å². The van der Waals surface area contributed by atoms with E-state index in [9.17, 15) is 13.2 Å². The van der Waals surface area contributed by atoms with Crippen LogP contribution in [0, 0.1) is 5.92 Å². The highest BCUT2D eigenvalue weighted by Gasteiger charge is 2.33. The molecule has 1 aliphatic heterocycles. The maximum Gasteiger partial charge on any atom is 0.401 e. The third-order valence-corrected chi connectivity index (χ3v) is 2.77. The van der Waals surface area contributed by atoms with E-state index in [2.05, 4.69) is 5.32 Å². The summed E-state index contributed by atoms with van der Waals surface area (Å²) in [6, 6.07) is -0.0489. The van der Waals surface area contributed by atoms with Gasteiger partial charge in [0.2, 0.25) is 0 Å². The van der Waals surface area contributed by atoms with Gasteiger partial charge < -0.3 is 5.32 Å². The van der Waals surface area contributed by atoms with Crippen molar-refractivity contribution >= 4 is 0 Å². The Labute approximate surface area is 88.8 Å². The van der Waals surface area contributed by atoms with Crippen molar-refractivity contribution in [2.24, 2.45) is 5.92 Å². The quantitative estimate of drug-likeness (QED) is 0.784. The Hall–Kier alpha value is -0.290. The normalized spacial score (nSPS) is 23.0. The van der Waals surface area contributed by atoms with Crippen molar-refractivity contribution in [3.05, 3.63) is 0 Å². The minimum atomic E-state index is -4.09. The molecule has 90 valence electrons. The average Bonchev–Trinajstić information content (AvgIpc) is 2.52. The fourth-order valence-electron chi connectivity index (χ4n) is 1.89. The highest BCUT2D eigenvalue weighted by Crippen LogP contribution is 2.20. The maximum absolute atomic E-state index is 12.3. The van der Waals surface area contributed by atoms with Crippen LogP contribution in [-0.2, 0) is 0 Å². The van der Waals surface area contributed by atoms with Gasteiger partial charge in [-0.05, 0) is 39.3 Å². The number of hydrogen-bond acceptors (Lipinski definition) is 2. The molecule has 0 saturated carbocycles. The van der Waals surface area contributed by atoms with Crippen molar-refractivity contribution < 1.29 is 13.2 Å². The predicted octanol–water partition coefficient (Wildman–Crippen LogP) is 1.87. The molecule has 1 fully saturated rings. The largest absolute Gasteiger partial charge is 0.401 e. The van der Waals surface area contributed by atoms with E-state index in [-0.39, 0.29) is 6.04 Å². The van der Waals surface area contributed by atoms with Crippen molar-refractivity contribution in [2.75, 3.05) is 26.2 Å². The fraction of sp³-hybridized carbons (Fsp3) is 1.00. The first-order valence-corrected chi connectivity index (χ1v) is 5.40. The van der Waals surface area contributed by atoms with Crippen molar-refractivity contribution in [1.29, 1.82) is 0 Å². The molecule has 1 aliphatic rings. The van der Waals surface area contributed by atoms with Crippen LogP contribution >= 0.6 is 0 Å². The van der Waals surface area contributed by atoms with E-state index in [0.717, 1.165) is 19.5 Å². The summed E-state index contributed by atoms with van der Waals surface area (Å²) < 4.78 is 36.8. The Kier molecular flexibility index (Phi) is 4.40. The van der Waals surface area contributed by atoms with Gasteiger partial charge in [-0.25, -0.2) is 0 Å². The van der Waals surface area contributed by atoms with Gasteiger partial charge in [-0.3, -0.25) is 4.90 Å². The lowest BCUT2D eigenvalue weighted by Gasteiger charge is -2.29. The summed E-state index contributed by atoms with van der Waals surface area (Å²) >= 11 is 0. The van der Waals surface area contributed by atoms with Gasteiger partial charge in [0.05, 0.1) is 6.54 Å². The molecular formula is C10H19F3N2. The summed E-state index contributed by atoms with van der Waals surface area (Å²) in [7, 11) is 0. The zero-order valence-corrected chi connectivity index (χ0v) is 9.27. The third kappa shape index (κ3) is 4.84. The molecule has 2 nitrogen and oxygen atoms in total. The van der Waals surface area contributed by atoms with Crippen LogP contribution in [0.4, 0.5) is 13.2 Å². The molecule has 1 unspecified atom stereocenters. The average molecular weight is 224 g/mol. The van der Waals surface area contributed by atoms with Crippen LogP contribution in [0.2, 0.25) is 0 Å². The molecule has 0 aromatic carbocycles. The summed E-state index contributed by atoms with van der Waals surface area (Å²) in [5.74, 6) is 0.370. The Morgan fingerprint density at radius 2 is 2.07 bits per heavy atom. The first-order chi connectivity index (χ1) is 6.88. The van der Waals surface area contributed by atoms with Gasteiger partial charge in [0, 0.05) is 12.6 Å². The van der Waals surface area contributed by atoms with Crippen molar-refractivity contribution in [3.63, 3.8) is 0 Å². The molecule has 0 aliphatic carbocycles. The highest BCUT2D eigenvalue weighted by atomic mass is 19.4. The number of nitrogens with zero attached hydrogens (tertiary/aromatic N) is 1. The van der Waals surface area contributed by atoms with Crippen LogP contribution in [0.15, 0.2) is 0 Å². The van der Waals surface area contributed by atoms with Gasteiger partial charge in [-0.2, -0.15) is 13.2 Å². The number of halogens is 3. The molecule has 0 aromatic heterocycles. The Morgan fingerprint density at radius 1 is 1.40 bits per heavy atom. The summed E-state index contributed by atoms with van der Waals surface area (Å²) in [6.45, 7) is 5.16. The summed E-state index contributed by atoms with van der Waals surface area (Å²) in [5.41, 5.74) is 0. The van der Waals surface area contributed by atoms with Crippen LogP contribution in [0.3, 0.4) is 0 Å². The minimum Gasteiger partial charge on any atom is -0.316 e. The first kappa shape index (κ1) is 12.8. The molecule has 15 heavy (non-hydrogen) atoms. The Bertz CT molecular complexity index is 186. The monoisotopic (exact) mass is 224 g/mol. The molecule has 1 heterocycles. The van der Waals surface area contributed by atoms with Crippen molar-refractivity contribution in [1.82, 2.24) is 10.2 Å². The summed E-state index contributed by atoms with van der Waals surface area (Å²) in [4.78, 5) is 1.51. The molecule has 1 N–H and O–H groups in total. The molecule has 0 spiro atoms. The summed E-state index contributed by atoms with van der Waals surface area (Å²) in [5, 5.41) is 3.17. The first-order valence-electron chi connectivity index (χ1n) is 5.40. The molecule has 1 saturated heterocycles. The number of hydrogen-bond donors (Lipinski definition) is 1.